The highest BCUT2D eigenvalue weighted by Crippen LogP contribution is 2.26. The number of hydrogen-bond donors (Lipinski definition) is 2. The van der Waals surface area contributed by atoms with Crippen molar-refractivity contribution in [2.75, 3.05) is 5.32 Å². The molecule has 6 heteroatoms. The fraction of sp³-hybridized carbons (Fsp3) is 0.250. The number of carbonyl (C=O) groups is 1. The Labute approximate surface area is 137 Å². The quantitative estimate of drug-likeness (QED) is 0.875. The number of aryl methyl sites for hydroxylation is 2. The average Bonchev–Trinajstić information content (AvgIpc) is 2.49. The molecule has 0 radical (unpaired) electrons. The molecule has 114 valence electrons. The van der Waals surface area contributed by atoms with Crippen molar-refractivity contribution in [3.05, 3.63) is 61.5 Å². The Balaban J connectivity index is 1.90. The summed E-state index contributed by atoms with van der Waals surface area (Å²) in [6, 6.07) is 6.46. The molecule has 1 amide bonds. The van der Waals surface area contributed by atoms with E-state index in [2.05, 4.69) is 10.3 Å². The monoisotopic (exact) mass is 336 g/mol. The van der Waals surface area contributed by atoms with Crippen LogP contribution in [0.2, 0.25) is 10.0 Å². The number of nitrogens with one attached hydrogen (secondary N) is 2. The van der Waals surface area contributed by atoms with E-state index in [0.717, 1.165) is 36.9 Å². The van der Waals surface area contributed by atoms with E-state index >= 15 is 0 Å². The molecule has 3 rings (SSSR count). The molecule has 0 unspecified atom stereocenters. The van der Waals surface area contributed by atoms with Gasteiger partial charge in [0.05, 0.1) is 10.7 Å². The lowest BCUT2D eigenvalue weighted by Crippen LogP contribution is -2.26. The number of anilines is 1. The zero-order chi connectivity index (χ0) is 15.7. The highest BCUT2D eigenvalue weighted by atomic mass is 35.5. The second-order valence-corrected chi connectivity index (χ2v) is 6.14. The van der Waals surface area contributed by atoms with E-state index in [4.69, 9.17) is 23.2 Å². The molecule has 2 N–H and O–H groups in total. The minimum Gasteiger partial charge on any atom is -0.325 e. The lowest BCUT2D eigenvalue weighted by atomic mass is 9.95. The summed E-state index contributed by atoms with van der Waals surface area (Å²) >= 11 is 11.9. The molecule has 1 aromatic carbocycles. The zero-order valence-corrected chi connectivity index (χ0v) is 13.2. The van der Waals surface area contributed by atoms with Crippen molar-refractivity contribution < 1.29 is 4.79 Å². The molecule has 0 saturated carbocycles. The highest BCUT2D eigenvalue weighted by molar-refractivity contribution is 6.36. The number of carbonyl (C=O) groups excluding carboxylic acids is 1. The molecule has 0 atom stereocenters. The number of aromatic nitrogens is 1. The topological polar surface area (TPSA) is 62.0 Å². The first-order valence-electron chi connectivity index (χ1n) is 7.06. The summed E-state index contributed by atoms with van der Waals surface area (Å²) in [4.78, 5) is 27.2. The van der Waals surface area contributed by atoms with Crippen LogP contribution in [0.1, 0.15) is 34.5 Å². The smallest absolute Gasteiger partial charge is 0.261 e. The zero-order valence-electron chi connectivity index (χ0n) is 11.7. The van der Waals surface area contributed by atoms with Gasteiger partial charge in [0.15, 0.2) is 0 Å². The van der Waals surface area contributed by atoms with Crippen molar-refractivity contribution in [1.82, 2.24) is 4.98 Å². The molecule has 0 aliphatic heterocycles. The predicted molar refractivity (Wildman–Crippen MR) is 88.1 cm³/mol. The van der Waals surface area contributed by atoms with Crippen molar-refractivity contribution in [3.63, 3.8) is 0 Å². The third kappa shape index (κ3) is 3.03. The molecule has 1 aromatic heterocycles. The first kappa shape index (κ1) is 15.1. The van der Waals surface area contributed by atoms with E-state index in [1.54, 1.807) is 18.2 Å². The molecular weight excluding hydrogens is 323 g/mol. The van der Waals surface area contributed by atoms with Gasteiger partial charge in [-0.05, 0) is 55.5 Å². The Kier molecular flexibility index (Phi) is 4.23. The number of hydrogen-bond acceptors (Lipinski definition) is 2. The molecule has 1 aliphatic carbocycles. The molecule has 4 nitrogen and oxygen atoms in total. The van der Waals surface area contributed by atoms with Gasteiger partial charge in [0.1, 0.15) is 5.56 Å². The van der Waals surface area contributed by atoms with Crippen molar-refractivity contribution in [3.8, 4) is 0 Å². The van der Waals surface area contributed by atoms with E-state index < -0.39 is 5.91 Å². The number of aromatic amines is 1. The third-order valence-corrected chi connectivity index (χ3v) is 4.31. The summed E-state index contributed by atoms with van der Waals surface area (Å²) in [5.41, 5.74) is 2.14. The fourth-order valence-electron chi connectivity index (χ4n) is 2.62. The number of H-pyrrole nitrogens is 1. The first-order chi connectivity index (χ1) is 10.5. The van der Waals surface area contributed by atoms with Gasteiger partial charge in [0.25, 0.3) is 11.5 Å². The Morgan fingerprint density at radius 1 is 1.14 bits per heavy atom. The molecule has 0 spiro atoms. The minimum absolute atomic E-state index is 0.103. The predicted octanol–water partition coefficient (Wildman–Crippen LogP) is 3.81. The Bertz CT molecular complexity index is 799. The number of amides is 1. The second-order valence-electron chi connectivity index (χ2n) is 5.30. The number of halogens is 2. The number of rotatable bonds is 2. The molecule has 0 bridgehead atoms. The number of fused-ring (bicyclic) bond motifs is 1. The van der Waals surface area contributed by atoms with Gasteiger partial charge in [-0.1, -0.05) is 23.2 Å². The van der Waals surface area contributed by atoms with Crippen LogP contribution >= 0.6 is 23.2 Å². The van der Waals surface area contributed by atoms with Gasteiger partial charge in [-0.25, -0.2) is 0 Å². The fourth-order valence-corrected chi connectivity index (χ4v) is 3.08. The first-order valence-corrected chi connectivity index (χ1v) is 7.81. The van der Waals surface area contributed by atoms with Crippen LogP contribution < -0.4 is 10.9 Å². The van der Waals surface area contributed by atoms with E-state index in [1.807, 2.05) is 0 Å². The highest BCUT2D eigenvalue weighted by Gasteiger charge is 2.17. The molecule has 1 heterocycles. The maximum absolute atomic E-state index is 12.3. The van der Waals surface area contributed by atoms with Crippen molar-refractivity contribution in [1.29, 1.82) is 0 Å². The molecular formula is C16H14Cl2N2O2. The molecule has 2 aromatic rings. The largest absolute Gasteiger partial charge is 0.325 e. The minimum atomic E-state index is -0.473. The normalized spacial score (nSPS) is 13.5. The van der Waals surface area contributed by atoms with Gasteiger partial charge < -0.3 is 10.3 Å². The third-order valence-electron chi connectivity index (χ3n) is 3.76. The Morgan fingerprint density at radius 2 is 1.91 bits per heavy atom. The van der Waals surface area contributed by atoms with Crippen molar-refractivity contribution in [2.45, 2.75) is 25.7 Å². The van der Waals surface area contributed by atoms with Gasteiger partial charge in [-0.3, -0.25) is 9.59 Å². The number of benzene rings is 1. The number of pyridine rings is 1. The van der Waals surface area contributed by atoms with Gasteiger partial charge in [0, 0.05) is 10.7 Å². The summed E-state index contributed by atoms with van der Waals surface area (Å²) in [5.74, 6) is -0.473. The van der Waals surface area contributed by atoms with Crippen LogP contribution in [0.5, 0.6) is 0 Å². The summed E-state index contributed by atoms with van der Waals surface area (Å²) in [6.07, 6.45) is 3.88. The summed E-state index contributed by atoms with van der Waals surface area (Å²) in [7, 11) is 0. The maximum Gasteiger partial charge on any atom is 0.261 e. The van der Waals surface area contributed by atoms with Crippen molar-refractivity contribution in [2.24, 2.45) is 0 Å². The Morgan fingerprint density at radius 3 is 2.68 bits per heavy atom. The van der Waals surface area contributed by atoms with Crippen LogP contribution in [0, 0.1) is 0 Å². The SMILES string of the molecule is O=C(Nc1ccc(Cl)cc1Cl)c1cc2c([nH]c1=O)CCCC2. The van der Waals surface area contributed by atoms with Crippen LogP contribution in [0.15, 0.2) is 29.1 Å². The molecule has 0 saturated heterocycles. The molecule has 22 heavy (non-hydrogen) atoms. The van der Waals surface area contributed by atoms with E-state index in [1.165, 1.54) is 6.07 Å². The summed E-state index contributed by atoms with van der Waals surface area (Å²) in [6.45, 7) is 0. The van der Waals surface area contributed by atoms with Crippen molar-refractivity contribution >= 4 is 34.8 Å². The van der Waals surface area contributed by atoms with Crippen LogP contribution in [0.4, 0.5) is 5.69 Å². The van der Waals surface area contributed by atoms with E-state index in [0.29, 0.717) is 15.7 Å². The second kappa shape index (κ2) is 6.15. The van der Waals surface area contributed by atoms with E-state index in [-0.39, 0.29) is 11.1 Å². The van der Waals surface area contributed by atoms with Crippen LogP contribution in [-0.2, 0) is 12.8 Å². The van der Waals surface area contributed by atoms with Crippen LogP contribution in [-0.4, -0.2) is 10.9 Å². The lowest BCUT2D eigenvalue weighted by Gasteiger charge is -2.16. The van der Waals surface area contributed by atoms with Crippen LogP contribution in [0.3, 0.4) is 0 Å². The summed E-state index contributed by atoms with van der Waals surface area (Å²) in [5, 5.41) is 3.46. The van der Waals surface area contributed by atoms with E-state index in [9.17, 15) is 9.59 Å². The van der Waals surface area contributed by atoms with Crippen LogP contribution in [0.25, 0.3) is 0 Å². The van der Waals surface area contributed by atoms with Gasteiger partial charge in [0.2, 0.25) is 0 Å². The maximum atomic E-state index is 12.3. The summed E-state index contributed by atoms with van der Waals surface area (Å²) < 4.78 is 0. The molecule has 1 aliphatic rings. The average molecular weight is 337 g/mol. The van der Waals surface area contributed by atoms with Gasteiger partial charge >= 0.3 is 0 Å². The molecule has 0 fully saturated rings. The van der Waals surface area contributed by atoms with Gasteiger partial charge in [-0.15, -0.1) is 0 Å². The Hall–Kier alpha value is -1.78. The lowest BCUT2D eigenvalue weighted by molar-refractivity contribution is 0.102. The van der Waals surface area contributed by atoms with Gasteiger partial charge in [-0.2, -0.15) is 0 Å². The standard InChI is InChI=1S/C16H14Cl2N2O2/c17-10-5-6-14(12(18)8-10)20-16(22)11-7-9-3-1-2-4-13(9)19-15(11)21/h5-8H,1-4H2,(H,19,21)(H,20,22).